The number of fused-ring (bicyclic) bond motifs is 4. The van der Waals surface area contributed by atoms with Crippen molar-refractivity contribution >= 4 is 97.5 Å². The second-order valence-corrected chi connectivity index (χ2v) is 34.0. The van der Waals surface area contributed by atoms with Gasteiger partial charge in [0.1, 0.15) is 28.6 Å². The van der Waals surface area contributed by atoms with Crippen molar-refractivity contribution in [3.63, 3.8) is 0 Å². The third kappa shape index (κ3) is 18.1. The molecule has 694 valence electrons. The number of nitrogens with zero attached hydrogens (tertiary/aromatic N) is 24. The summed E-state index contributed by atoms with van der Waals surface area (Å²) in [5.41, 5.74) is 8.84. The van der Waals surface area contributed by atoms with Crippen LogP contribution < -0.4 is 73.0 Å². The fraction of sp³-hybridized carbons (Fsp3) is 0.461. The Morgan fingerprint density at radius 3 is 0.908 bits per heavy atom. The molecule has 0 bridgehead atoms. The number of carbonyl (C=O) groups is 4. The average Bonchev–Trinajstić information content (AvgIpc) is 1.60. The number of aromatic nitrogens is 20. The van der Waals surface area contributed by atoms with E-state index in [1.807, 2.05) is 55.8 Å². The van der Waals surface area contributed by atoms with Crippen molar-refractivity contribution in [2.45, 2.75) is 169 Å². The van der Waals surface area contributed by atoms with Crippen LogP contribution in [-0.4, -0.2) is 233 Å². The summed E-state index contributed by atoms with van der Waals surface area (Å²) in [6, 6.07) is 0.0565. The summed E-state index contributed by atoms with van der Waals surface area (Å²) >= 11 is 0. The topological polar surface area (TPSA) is 416 Å². The van der Waals surface area contributed by atoms with E-state index in [0.29, 0.717) is 135 Å². The molecule has 12 aromatic heterocycles. The molecule has 5 N–H and O–H groups in total. The highest BCUT2D eigenvalue weighted by molar-refractivity contribution is 5.89. The minimum atomic E-state index is -0.249. The Labute approximate surface area is 754 Å². The highest BCUT2D eigenvalue weighted by atomic mass is 16.5. The van der Waals surface area contributed by atoms with Crippen LogP contribution in [0.2, 0.25) is 0 Å². The highest BCUT2D eigenvalue weighted by Crippen LogP contribution is 2.44. The van der Waals surface area contributed by atoms with Gasteiger partial charge in [0, 0.05) is 161 Å². The largest absolute Gasteiger partial charge is 0.481 e. The predicted octanol–water partition coefficient (Wildman–Crippen LogP) is 9.07. The van der Waals surface area contributed by atoms with Gasteiger partial charge in [0.2, 0.25) is 29.5 Å². The van der Waals surface area contributed by atoms with E-state index in [4.69, 9.17) is 23.7 Å². The number of imidazole rings is 4. The number of carbonyl (C=O) groups excluding carboxylic acids is 4. The zero-order chi connectivity index (χ0) is 93.2. The van der Waals surface area contributed by atoms with Crippen LogP contribution >= 0.6 is 0 Å². The van der Waals surface area contributed by atoms with Crippen LogP contribution in [0.4, 0.5) is 51.3 Å². The van der Waals surface area contributed by atoms with E-state index in [9.17, 15) is 38.4 Å². The molecule has 0 aromatic carbocycles. The third-order valence-electron chi connectivity index (χ3n) is 26.1. The Kier molecular flexibility index (Phi) is 26.7. The number of hydrogen-bond acceptors (Lipinski definition) is 26. The molecule has 0 saturated heterocycles. The van der Waals surface area contributed by atoms with Gasteiger partial charge in [-0.1, -0.05) is 32.7 Å². The van der Waals surface area contributed by atoms with Gasteiger partial charge in [-0.25, -0.2) is 56.7 Å². The van der Waals surface area contributed by atoms with E-state index >= 15 is 0 Å². The van der Waals surface area contributed by atoms with Crippen molar-refractivity contribution in [3.05, 3.63) is 178 Å². The van der Waals surface area contributed by atoms with E-state index in [2.05, 4.69) is 93.2 Å². The number of nitrogens with one attached hydrogen (secondary N) is 5. The fourth-order valence-electron chi connectivity index (χ4n) is 18.7. The zero-order valence-corrected chi connectivity index (χ0v) is 76.4. The normalized spacial score (nSPS) is 19.2. The van der Waals surface area contributed by atoms with Gasteiger partial charge >= 0.3 is 22.8 Å². The fourth-order valence-corrected chi connectivity index (χ4v) is 18.7. The Balaban J connectivity index is 0.000000134. The first-order valence-corrected chi connectivity index (χ1v) is 43.7. The van der Waals surface area contributed by atoms with E-state index < -0.39 is 0 Å². The van der Waals surface area contributed by atoms with E-state index in [0.717, 1.165) is 94.1 Å². The number of likely N-dealkylation sites (N-methyl/N-ethyl adjacent to an activating group) is 4. The molecule has 6 fully saturated rings. The van der Waals surface area contributed by atoms with Crippen molar-refractivity contribution in [3.8, 4) is 29.4 Å². The second kappa shape index (κ2) is 38.3. The van der Waals surface area contributed by atoms with E-state index in [-0.39, 0.29) is 94.7 Å². The van der Waals surface area contributed by atoms with Crippen molar-refractivity contribution in [2.24, 2.45) is 28.2 Å². The van der Waals surface area contributed by atoms with Gasteiger partial charge in [0.05, 0.1) is 107 Å². The van der Waals surface area contributed by atoms with Crippen molar-refractivity contribution in [2.75, 3.05) is 97.4 Å². The standard InChI is InChI=1S/C24H31N7O3.C23H29N7O3.C21H28N8O3.C21H27N7O4/c1-5-21(32)29(3)16-9-10-17(11-16)30-14-18(26-19-13-28(2)27-23(19)34-4)22-25-12-20(15-7-6-8-15)31(22)24(30)33;1-5-20(31)28(3)15-8-9-16(10-15)29-13-17(25-18-12-27(2)26-22(18)33-4)21-24-11-19(14-6-7-14)30(21)23(29)32;1-6-18(30)27(4)13-7-8-14(9-13)28-12-15(24-16-11-26(3)25-20(16)32-5)19-23-10-17(22-2)29(19)21(28)31;1-6-17(29)26(3)13-7-8-14(9-13)27-12-15(23-16-11-25(2)24-20(16)32-5)19-22-10-18(31-4)28(19)21(27)30/h5,12-17,26H,1,6-11H2,2-4H3;5,11-16,25H,1,6-10H2,2-4H3;6,10-14,22,24H,1,7-9H2,2-5H3;6,10-14,23H,1,7-9H2,2-5H3. The first-order valence-electron chi connectivity index (χ1n) is 43.7. The maximum Gasteiger partial charge on any atom is 0.337 e. The third-order valence-corrected chi connectivity index (χ3v) is 26.1. The molecule has 0 radical (unpaired) electrons. The van der Waals surface area contributed by atoms with Crippen LogP contribution in [0.25, 0.3) is 22.6 Å². The number of methoxy groups -OCH3 is 5. The zero-order valence-electron chi connectivity index (χ0n) is 76.4. The smallest absolute Gasteiger partial charge is 0.337 e. The molecule has 42 heteroatoms. The molecule has 6 aliphatic carbocycles. The van der Waals surface area contributed by atoms with Gasteiger partial charge in [0.25, 0.3) is 23.5 Å². The number of ether oxygens (including phenoxy) is 5. The Bertz CT molecular complexity index is 6400. The van der Waals surface area contributed by atoms with E-state index in [1.165, 1.54) is 48.4 Å². The monoisotopic (exact) mass is 1800 g/mol. The van der Waals surface area contributed by atoms with Gasteiger partial charge in [-0.2, -0.15) is 0 Å². The van der Waals surface area contributed by atoms with Crippen molar-refractivity contribution < 1.29 is 42.9 Å². The molecular formula is C89H115N29O13. The molecule has 131 heavy (non-hydrogen) atoms. The van der Waals surface area contributed by atoms with Gasteiger partial charge < -0.3 is 69.9 Å². The van der Waals surface area contributed by atoms with E-state index in [1.54, 1.807) is 174 Å². The minimum Gasteiger partial charge on any atom is -0.481 e. The lowest BCUT2D eigenvalue weighted by Gasteiger charge is -2.26. The molecule has 0 spiro atoms. The molecule has 12 aromatic rings. The molecule has 42 nitrogen and oxygen atoms in total. The lowest BCUT2D eigenvalue weighted by Crippen LogP contribution is -2.35. The highest BCUT2D eigenvalue weighted by Gasteiger charge is 2.39. The number of hydrogen-bond donors (Lipinski definition) is 5. The Morgan fingerprint density at radius 1 is 0.359 bits per heavy atom. The molecular weight excluding hydrogens is 1680 g/mol. The molecule has 12 heterocycles. The van der Waals surface area contributed by atoms with Crippen LogP contribution in [-0.2, 0) is 47.4 Å². The molecule has 6 aliphatic rings. The summed E-state index contributed by atoms with van der Waals surface area (Å²) in [5.74, 6) is 3.02. The molecule has 8 unspecified atom stereocenters. The lowest BCUT2D eigenvalue weighted by atomic mass is 9.83. The van der Waals surface area contributed by atoms with Gasteiger partial charge in [0.15, 0.2) is 22.6 Å². The average molecular weight is 1800 g/mol. The Hall–Kier alpha value is -14.6. The summed E-state index contributed by atoms with van der Waals surface area (Å²) in [6.07, 6.45) is 41.3. The summed E-state index contributed by atoms with van der Waals surface area (Å²) < 4.78 is 47.0. The molecule has 8 atom stereocenters. The molecule has 0 aliphatic heterocycles. The Morgan fingerprint density at radius 2 is 0.634 bits per heavy atom. The number of rotatable bonds is 28. The van der Waals surface area contributed by atoms with Crippen LogP contribution in [0, 0.1) is 0 Å². The second-order valence-electron chi connectivity index (χ2n) is 34.0. The summed E-state index contributed by atoms with van der Waals surface area (Å²) in [7, 11) is 23.9. The maximum absolute atomic E-state index is 13.8. The first kappa shape index (κ1) is 91.1. The van der Waals surface area contributed by atoms with Crippen LogP contribution in [0.15, 0.2) is 144 Å². The number of aryl methyl sites for hydroxylation is 4. The van der Waals surface area contributed by atoms with Gasteiger partial charge in [-0.15, -0.1) is 20.4 Å². The summed E-state index contributed by atoms with van der Waals surface area (Å²) in [4.78, 5) is 127. The molecule has 4 amide bonds. The van der Waals surface area contributed by atoms with Crippen molar-refractivity contribution in [1.29, 1.82) is 0 Å². The van der Waals surface area contributed by atoms with Crippen molar-refractivity contribution in [1.82, 2.24) is 115 Å². The quantitative estimate of drug-likeness (QED) is 0.0285. The number of amides is 4. The van der Waals surface area contributed by atoms with Crippen LogP contribution in [0.1, 0.15) is 157 Å². The SMILES string of the molecule is C=CC(=O)N(C)C1CCC(n2cc(Nc3cn(C)nc3OC)c3ncc(C4CC4)n3c2=O)C1.C=CC(=O)N(C)C1CCC(n2cc(Nc3cn(C)nc3OC)c3ncc(C4CCC4)n3c2=O)C1.C=CC(=O)N(C)C1CCC(n2cc(Nc3cn(C)nc3OC)c3ncc(NC)n3c2=O)C1.C=CC(=O)N(C)C1CCC(n2cc(Nc3cn(C)nc3OC)c3ncc(OC)n3c2=O)C1. The van der Waals surface area contributed by atoms with Gasteiger partial charge in [-0.3, -0.25) is 56.2 Å². The van der Waals surface area contributed by atoms with Crippen LogP contribution in [0.3, 0.4) is 0 Å². The maximum atomic E-state index is 13.8. The van der Waals surface area contributed by atoms with Crippen LogP contribution in [0.5, 0.6) is 29.4 Å². The molecule has 6 saturated carbocycles. The lowest BCUT2D eigenvalue weighted by molar-refractivity contribution is -0.127. The summed E-state index contributed by atoms with van der Waals surface area (Å²) in [6.45, 7) is 14.3. The first-order chi connectivity index (χ1) is 63.1. The minimum absolute atomic E-state index is 0.0160. The summed E-state index contributed by atoms with van der Waals surface area (Å²) in [5, 5.41) is 33.6. The predicted molar refractivity (Wildman–Crippen MR) is 493 cm³/mol. The molecule has 18 rings (SSSR count). The number of anilines is 9. The van der Waals surface area contributed by atoms with Gasteiger partial charge in [-0.05, 0) is 127 Å².